The Morgan fingerprint density at radius 3 is 2.74 bits per heavy atom. The number of rotatable bonds is 2. The number of nitrogens with one attached hydrogen (secondary N) is 2. The van der Waals surface area contributed by atoms with Crippen molar-refractivity contribution in [1.29, 1.82) is 0 Å². The lowest BCUT2D eigenvalue weighted by molar-refractivity contribution is 0.0963. The molecule has 3 aromatic rings. The highest BCUT2D eigenvalue weighted by molar-refractivity contribution is 6.01. The Balaban J connectivity index is 2.19. The summed E-state index contributed by atoms with van der Waals surface area (Å²) in [5.41, 5.74) is 3.31. The normalized spacial score (nSPS) is 10.6. The van der Waals surface area contributed by atoms with E-state index in [-0.39, 0.29) is 5.91 Å². The molecule has 2 aromatic heterocycles. The summed E-state index contributed by atoms with van der Waals surface area (Å²) in [5.74, 6) is -0.108. The summed E-state index contributed by atoms with van der Waals surface area (Å²) in [6.45, 7) is 0. The zero-order valence-electron chi connectivity index (χ0n) is 10.3. The van der Waals surface area contributed by atoms with Crippen LogP contribution in [0.4, 0.5) is 0 Å². The number of hydrogen-bond acceptors (Lipinski definition) is 3. The van der Waals surface area contributed by atoms with Crippen LogP contribution in [0.15, 0.2) is 42.7 Å². The Hall–Kier alpha value is -2.69. The van der Waals surface area contributed by atoms with Crippen molar-refractivity contribution in [1.82, 2.24) is 20.5 Å². The third-order valence-electron chi connectivity index (χ3n) is 3.01. The molecule has 1 amide bonds. The van der Waals surface area contributed by atoms with Crippen LogP contribution in [0.25, 0.3) is 22.2 Å². The molecular weight excluding hydrogens is 240 g/mol. The van der Waals surface area contributed by atoms with Crippen molar-refractivity contribution < 1.29 is 4.79 Å². The third kappa shape index (κ3) is 1.95. The molecule has 0 atom stereocenters. The lowest BCUT2D eigenvalue weighted by atomic mass is 10.1. The molecule has 3 rings (SSSR count). The lowest BCUT2D eigenvalue weighted by Gasteiger charge is -2.01. The van der Waals surface area contributed by atoms with Gasteiger partial charge >= 0.3 is 0 Å². The van der Waals surface area contributed by atoms with Crippen molar-refractivity contribution in [3.05, 3.63) is 48.3 Å². The summed E-state index contributed by atoms with van der Waals surface area (Å²) >= 11 is 0. The van der Waals surface area contributed by atoms with Crippen LogP contribution in [0, 0.1) is 0 Å². The Morgan fingerprint density at radius 2 is 2.00 bits per heavy atom. The second-order valence-corrected chi connectivity index (χ2v) is 4.15. The van der Waals surface area contributed by atoms with Crippen molar-refractivity contribution in [2.24, 2.45) is 0 Å². The molecule has 2 N–H and O–H groups in total. The number of carbonyl (C=O) groups excluding carboxylic acids is 1. The monoisotopic (exact) mass is 252 g/mol. The van der Waals surface area contributed by atoms with Gasteiger partial charge in [-0.25, -0.2) is 0 Å². The fourth-order valence-electron chi connectivity index (χ4n) is 2.03. The van der Waals surface area contributed by atoms with Gasteiger partial charge in [0.1, 0.15) is 5.69 Å². The van der Waals surface area contributed by atoms with Gasteiger partial charge in [-0.3, -0.25) is 14.9 Å². The second-order valence-electron chi connectivity index (χ2n) is 4.15. The molecule has 0 bridgehead atoms. The number of hydrogen-bond donors (Lipinski definition) is 2. The zero-order chi connectivity index (χ0) is 13.2. The third-order valence-corrected chi connectivity index (χ3v) is 3.01. The SMILES string of the molecule is CNC(=O)c1ccc2[nH]nc(-c3ccncc3)c2c1. The van der Waals surface area contributed by atoms with Crippen molar-refractivity contribution in [2.45, 2.75) is 0 Å². The van der Waals surface area contributed by atoms with E-state index in [2.05, 4.69) is 20.5 Å². The number of pyridine rings is 1. The zero-order valence-corrected chi connectivity index (χ0v) is 10.3. The second kappa shape index (κ2) is 4.53. The molecule has 0 aliphatic rings. The summed E-state index contributed by atoms with van der Waals surface area (Å²) in [7, 11) is 1.62. The van der Waals surface area contributed by atoms with Gasteiger partial charge in [0, 0.05) is 36.0 Å². The molecule has 5 heteroatoms. The van der Waals surface area contributed by atoms with E-state index in [0.29, 0.717) is 5.56 Å². The van der Waals surface area contributed by atoms with Crippen LogP contribution in [0.3, 0.4) is 0 Å². The van der Waals surface area contributed by atoms with E-state index >= 15 is 0 Å². The van der Waals surface area contributed by atoms with Crippen LogP contribution in [-0.4, -0.2) is 28.1 Å². The summed E-state index contributed by atoms with van der Waals surface area (Å²) in [6.07, 6.45) is 3.44. The van der Waals surface area contributed by atoms with Crippen molar-refractivity contribution >= 4 is 16.8 Å². The van der Waals surface area contributed by atoms with E-state index in [4.69, 9.17) is 0 Å². The lowest BCUT2D eigenvalue weighted by Crippen LogP contribution is -2.17. The Labute approximate surface area is 109 Å². The minimum Gasteiger partial charge on any atom is -0.355 e. The molecule has 0 aliphatic carbocycles. The summed E-state index contributed by atoms with van der Waals surface area (Å²) in [4.78, 5) is 15.7. The minimum absolute atomic E-state index is 0.108. The van der Waals surface area contributed by atoms with E-state index in [0.717, 1.165) is 22.2 Å². The first-order chi connectivity index (χ1) is 9.29. The van der Waals surface area contributed by atoms with Crippen LogP contribution in [0.1, 0.15) is 10.4 Å². The first-order valence-electron chi connectivity index (χ1n) is 5.90. The van der Waals surface area contributed by atoms with Gasteiger partial charge in [-0.1, -0.05) is 0 Å². The molecule has 0 saturated carbocycles. The summed E-state index contributed by atoms with van der Waals surface area (Å²) in [6, 6.07) is 9.26. The Bertz CT molecular complexity index is 734. The molecule has 0 spiro atoms. The van der Waals surface area contributed by atoms with Gasteiger partial charge in [-0.15, -0.1) is 0 Å². The van der Waals surface area contributed by atoms with E-state index < -0.39 is 0 Å². The largest absolute Gasteiger partial charge is 0.355 e. The van der Waals surface area contributed by atoms with Crippen LogP contribution in [-0.2, 0) is 0 Å². The topological polar surface area (TPSA) is 70.7 Å². The maximum Gasteiger partial charge on any atom is 0.251 e. The molecule has 0 radical (unpaired) electrons. The summed E-state index contributed by atoms with van der Waals surface area (Å²) in [5, 5.41) is 10.8. The van der Waals surface area contributed by atoms with Gasteiger partial charge in [0.25, 0.3) is 5.91 Å². The van der Waals surface area contributed by atoms with E-state index in [1.807, 2.05) is 24.3 Å². The van der Waals surface area contributed by atoms with Gasteiger partial charge in [0.2, 0.25) is 0 Å². The van der Waals surface area contributed by atoms with Crippen molar-refractivity contribution in [3.63, 3.8) is 0 Å². The molecule has 0 fully saturated rings. The summed E-state index contributed by atoms with van der Waals surface area (Å²) < 4.78 is 0. The number of aromatic amines is 1. The molecule has 94 valence electrons. The van der Waals surface area contributed by atoms with Crippen molar-refractivity contribution in [3.8, 4) is 11.3 Å². The van der Waals surface area contributed by atoms with Gasteiger partial charge in [-0.2, -0.15) is 5.10 Å². The Kier molecular flexibility index (Phi) is 2.72. The molecule has 2 heterocycles. The standard InChI is InChI=1S/C14H12N4O/c1-15-14(19)10-2-3-12-11(8-10)13(18-17-12)9-4-6-16-7-5-9/h2-8H,1H3,(H,15,19)(H,17,18). The average molecular weight is 252 g/mol. The fourth-order valence-corrected chi connectivity index (χ4v) is 2.03. The van der Waals surface area contributed by atoms with Crippen molar-refractivity contribution in [2.75, 3.05) is 7.05 Å². The predicted molar refractivity (Wildman–Crippen MR) is 72.7 cm³/mol. The number of benzene rings is 1. The molecule has 5 nitrogen and oxygen atoms in total. The first kappa shape index (κ1) is 11.4. The number of H-pyrrole nitrogens is 1. The first-order valence-corrected chi connectivity index (χ1v) is 5.90. The van der Waals surface area contributed by atoms with Gasteiger partial charge < -0.3 is 5.32 Å². The molecule has 19 heavy (non-hydrogen) atoms. The fraction of sp³-hybridized carbons (Fsp3) is 0.0714. The number of nitrogens with zero attached hydrogens (tertiary/aromatic N) is 2. The molecule has 1 aromatic carbocycles. The van der Waals surface area contributed by atoms with Gasteiger partial charge in [0.05, 0.1) is 5.52 Å². The molecule has 0 unspecified atom stereocenters. The number of carbonyl (C=O) groups is 1. The van der Waals surface area contributed by atoms with Gasteiger partial charge in [0.15, 0.2) is 0 Å². The highest BCUT2D eigenvalue weighted by atomic mass is 16.1. The predicted octanol–water partition coefficient (Wildman–Crippen LogP) is 1.98. The molecule has 0 saturated heterocycles. The highest BCUT2D eigenvalue weighted by Gasteiger charge is 2.11. The van der Waals surface area contributed by atoms with Crippen LogP contribution < -0.4 is 5.32 Å². The minimum atomic E-state index is -0.108. The number of fused-ring (bicyclic) bond motifs is 1. The van der Waals surface area contributed by atoms with E-state index in [1.165, 1.54) is 0 Å². The highest BCUT2D eigenvalue weighted by Crippen LogP contribution is 2.26. The smallest absolute Gasteiger partial charge is 0.251 e. The Morgan fingerprint density at radius 1 is 1.21 bits per heavy atom. The van der Waals surface area contributed by atoms with E-state index in [1.54, 1.807) is 25.5 Å². The van der Waals surface area contributed by atoms with Gasteiger partial charge in [-0.05, 0) is 30.3 Å². The quantitative estimate of drug-likeness (QED) is 0.732. The number of amides is 1. The van der Waals surface area contributed by atoms with Crippen LogP contribution >= 0.6 is 0 Å². The average Bonchev–Trinajstić information content (AvgIpc) is 2.90. The van der Waals surface area contributed by atoms with Crippen LogP contribution in [0.2, 0.25) is 0 Å². The molecule has 0 aliphatic heterocycles. The maximum atomic E-state index is 11.7. The van der Waals surface area contributed by atoms with E-state index in [9.17, 15) is 4.79 Å². The number of aromatic nitrogens is 3. The maximum absolute atomic E-state index is 11.7. The van der Waals surface area contributed by atoms with Crippen LogP contribution in [0.5, 0.6) is 0 Å². The molecular formula is C14H12N4O.